The second kappa shape index (κ2) is 3.54. The maximum atomic E-state index is 9.31. The van der Waals surface area contributed by atoms with Crippen molar-refractivity contribution in [1.29, 1.82) is 0 Å². The van der Waals surface area contributed by atoms with Crippen LogP contribution in [0.1, 0.15) is 24.3 Å². The summed E-state index contributed by atoms with van der Waals surface area (Å²) in [6, 6.07) is 1.78. The van der Waals surface area contributed by atoms with E-state index in [9.17, 15) is 5.11 Å². The highest BCUT2D eigenvalue weighted by molar-refractivity contribution is 5.35. The standard InChI is InChI=1S/C9H13NO2/c1-6-8(12-3)4-5-10-9(6)7(2)11/h4-5,7,11H,1-3H3. The van der Waals surface area contributed by atoms with E-state index in [1.165, 1.54) is 0 Å². The molecule has 1 heterocycles. The lowest BCUT2D eigenvalue weighted by molar-refractivity contribution is 0.193. The lowest BCUT2D eigenvalue weighted by atomic mass is 10.1. The van der Waals surface area contributed by atoms with Gasteiger partial charge in [-0.05, 0) is 19.9 Å². The smallest absolute Gasteiger partial charge is 0.125 e. The van der Waals surface area contributed by atoms with Crippen LogP contribution in [0.15, 0.2) is 12.3 Å². The minimum absolute atomic E-state index is 0.542. The molecule has 1 aromatic heterocycles. The van der Waals surface area contributed by atoms with Crippen molar-refractivity contribution in [3.63, 3.8) is 0 Å². The number of aliphatic hydroxyl groups excluding tert-OH is 1. The van der Waals surface area contributed by atoms with Gasteiger partial charge in [0, 0.05) is 11.8 Å². The molecule has 0 aliphatic carbocycles. The third-order valence-electron chi connectivity index (χ3n) is 1.81. The van der Waals surface area contributed by atoms with E-state index >= 15 is 0 Å². The van der Waals surface area contributed by atoms with Gasteiger partial charge in [-0.3, -0.25) is 4.98 Å². The van der Waals surface area contributed by atoms with Crippen LogP contribution in [0.4, 0.5) is 0 Å². The fraction of sp³-hybridized carbons (Fsp3) is 0.444. The summed E-state index contributed by atoms with van der Waals surface area (Å²) < 4.78 is 5.08. The average molecular weight is 167 g/mol. The molecule has 12 heavy (non-hydrogen) atoms. The van der Waals surface area contributed by atoms with E-state index in [1.807, 2.05) is 6.92 Å². The van der Waals surface area contributed by atoms with Gasteiger partial charge in [0.15, 0.2) is 0 Å². The first-order chi connectivity index (χ1) is 5.66. The highest BCUT2D eigenvalue weighted by atomic mass is 16.5. The van der Waals surface area contributed by atoms with Crippen molar-refractivity contribution < 1.29 is 9.84 Å². The zero-order valence-electron chi connectivity index (χ0n) is 7.53. The summed E-state index contributed by atoms with van der Waals surface area (Å²) in [6.45, 7) is 3.57. The average Bonchev–Trinajstić information content (AvgIpc) is 2.04. The number of rotatable bonds is 2. The Kier molecular flexibility index (Phi) is 2.65. The minimum atomic E-state index is -0.542. The van der Waals surface area contributed by atoms with Crippen molar-refractivity contribution in [2.75, 3.05) is 7.11 Å². The van der Waals surface area contributed by atoms with Crippen LogP contribution < -0.4 is 4.74 Å². The highest BCUT2D eigenvalue weighted by Gasteiger charge is 2.09. The first-order valence-electron chi connectivity index (χ1n) is 3.84. The molecule has 0 bridgehead atoms. The molecular weight excluding hydrogens is 154 g/mol. The molecule has 0 aliphatic rings. The van der Waals surface area contributed by atoms with Gasteiger partial charge in [0.05, 0.1) is 18.9 Å². The number of aliphatic hydroxyl groups is 1. The number of aromatic nitrogens is 1. The molecule has 0 amide bonds. The Morgan fingerprint density at radius 2 is 2.25 bits per heavy atom. The largest absolute Gasteiger partial charge is 0.496 e. The van der Waals surface area contributed by atoms with E-state index in [0.717, 1.165) is 11.3 Å². The maximum Gasteiger partial charge on any atom is 0.125 e. The first-order valence-corrected chi connectivity index (χ1v) is 3.84. The summed E-state index contributed by atoms with van der Waals surface area (Å²) in [5, 5.41) is 9.31. The van der Waals surface area contributed by atoms with Gasteiger partial charge in [-0.15, -0.1) is 0 Å². The van der Waals surface area contributed by atoms with E-state index in [1.54, 1.807) is 26.3 Å². The van der Waals surface area contributed by atoms with Crippen molar-refractivity contribution in [1.82, 2.24) is 4.98 Å². The number of nitrogens with zero attached hydrogens (tertiary/aromatic N) is 1. The van der Waals surface area contributed by atoms with Crippen LogP contribution >= 0.6 is 0 Å². The SMILES string of the molecule is COc1ccnc(C(C)O)c1C. The number of hydrogen-bond acceptors (Lipinski definition) is 3. The maximum absolute atomic E-state index is 9.31. The van der Waals surface area contributed by atoms with Crippen LogP contribution in [0.3, 0.4) is 0 Å². The topological polar surface area (TPSA) is 42.4 Å². The molecule has 1 unspecified atom stereocenters. The van der Waals surface area contributed by atoms with Gasteiger partial charge in [-0.25, -0.2) is 0 Å². The Morgan fingerprint density at radius 3 is 2.75 bits per heavy atom. The Hall–Kier alpha value is -1.09. The molecule has 1 rings (SSSR count). The molecule has 0 radical (unpaired) electrons. The van der Waals surface area contributed by atoms with E-state index in [0.29, 0.717) is 5.69 Å². The van der Waals surface area contributed by atoms with Crippen molar-refractivity contribution in [3.05, 3.63) is 23.5 Å². The summed E-state index contributed by atoms with van der Waals surface area (Å²) in [4.78, 5) is 4.06. The summed E-state index contributed by atoms with van der Waals surface area (Å²) >= 11 is 0. The van der Waals surface area contributed by atoms with Crippen LogP contribution in [-0.4, -0.2) is 17.2 Å². The second-order valence-electron chi connectivity index (χ2n) is 2.70. The predicted molar refractivity (Wildman–Crippen MR) is 46.2 cm³/mol. The third-order valence-corrected chi connectivity index (χ3v) is 1.81. The van der Waals surface area contributed by atoms with Gasteiger partial charge in [0.2, 0.25) is 0 Å². The molecule has 0 spiro atoms. The monoisotopic (exact) mass is 167 g/mol. The van der Waals surface area contributed by atoms with Crippen molar-refractivity contribution >= 4 is 0 Å². The Labute approximate surface area is 72.0 Å². The lowest BCUT2D eigenvalue weighted by Crippen LogP contribution is -2.00. The highest BCUT2D eigenvalue weighted by Crippen LogP contribution is 2.22. The molecule has 1 aromatic rings. The van der Waals surface area contributed by atoms with Crippen molar-refractivity contribution in [2.45, 2.75) is 20.0 Å². The van der Waals surface area contributed by atoms with E-state index in [4.69, 9.17) is 4.74 Å². The number of pyridine rings is 1. The molecule has 0 saturated carbocycles. The van der Waals surface area contributed by atoms with Crippen LogP contribution in [0.25, 0.3) is 0 Å². The molecule has 1 N–H and O–H groups in total. The molecule has 3 nitrogen and oxygen atoms in total. The van der Waals surface area contributed by atoms with E-state index in [2.05, 4.69) is 4.98 Å². The Balaban J connectivity index is 3.14. The van der Waals surface area contributed by atoms with Gasteiger partial charge < -0.3 is 9.84 Å². The molecule has 0 aromatic carbocycles. The number of methoxy groups -OCH3 is 1. The quantitative estimate of drug-likeness (QED) is 0.725. The van der Waals surface area contributed by atoms with E-state index < -0.39 is 6.10 Å². The molecule has 66 valence electrons. The molecular formula is C9H13NO2. The van der Waals surface area contributed by atoms with Gasteiger partial charge in [0.1, 0.15) is 5.75 Å². The zero-order chi connectivity index (χ0) is 9.14. The van der Waals surface area contributed by atoms with Crippen LogP contribution in [0.5, 0.6) is 5.75 Å². The molecule has 0 aliphatic heterocycles. The molecule has 0 fully saturated rings. The van der Waals surface area contributed by atoms with E-state index in [-0.39, 0.29) is 0 Å². The summed E-state index contributed by atoms with van der Waals surface area (Å²) in [6.07, 6.45) is 1.09. The zero-order valence-corrected chi connectivity index (χ0v) is 7.53. The van der Waals surface area contributed by atoms with Crippen molar-refractivity contribution in [2.24, 2.45) is 0 Å². The van der Waals surface area contributed by atoms with Gasteiger partial charge >= 0.3 is 0 Å². The third kappa shape index (κ3) is 1.56. The molecule has 1 atom stereocenters. The summed E-state index contributed by atoms with van der Waals surface area (Å²) in [5.74, 6) is 0.765. The van der Waals surface area contributed by atoms with Gasteiger partial charge in [0.25, 0.3) is 0 Å². The first kappa shape index (κ1) is 9.00. The molecule has 0 saturated heterocycles. The lowest BCUT2D eigenvalue weighted by Gasteiger charge is -2.10. The normalized spacial score (nSPS) is 12.7. The van der Waals surface area contributed by atoms with Gasteiger partial charge in [-0.2, -0.15) is 0 Å². The Morgan fingerprint density at radius 1 is 1.58 bits per heavy atom. The second-order valence-corrected chi connectivity index (χ2v) is 2.70. The fourth-order valence-corrected chi connectivity index (χ4v) is 1.18. The predicted octanol–water partition coefficient (Wildman–Crippen LogP) is 1.45. The number of hydrogen-bond donors (Lipinski definition) is 1. The molecule has 3 heteroatoms. The summed E-state index contributed by atoms with van der Waals surface area (Å²) in [7, 11) is 1.61. The van der Waals surface area contributed by atoms with Crippen LogP contribution in [0, 0.1) is 6.92 Å². The Bertz CT molecular complexity index is 271. The minimum Gasteiger partial charge on any atom is -0.496 e. The summed E-state index contributed by atoms with van der Waals surface area (Å²) in [5.41, 5.74) is 1.57. The van der Waals surface area contributed by atoms with Crippen LogP contribution in [-0.2, 0) is 0 Å². The van der Waals surface area contributed by atoms with Crippen molar-refractivity contribution in [3.8, 4) is 5.75 Å². The van der Waals surface area contributed by atoms with Gasteiger partial charge in [-0.1, -0.05) is 0 Å². The number of ether oxygens (including phenoxy) is 1. The fourth-order valence-electron chi connectivity index (χ4n) is 1.18. The van der Waals surface area contributed by atoms with Crippen LogP contribution in [0.2, 0.25) is 0 Å².